The molecule has 4 N–H and O–H groups in total. The Morgan fingerprint density at radius 3 is 2.50 bits per heavy atom. The topological polar surface area (TPSA) is 64.5 Å². The first-order chi connectivity index (χ1) is 10.5. The lowest BCUT2D eigenvalue weighted by molar-refractivity contribution is 0.403. The lowest BCUT2D eigenvalue weighted by Crippen LogP contribution is -2.30. The van der Waals surface area contributed by atoms with Crippen LogP contribution in [0.4, 0.5) is 5.69 Å². The van der Waals surface area contributed by atoms with E-state index in [1.54, 1.807) is 12.1 Å². The highest BCUT2D eigenvalue weighted by molar-refractivity contribution is 7.80. The molecule has 0 unspecified atom stereocenters. The minimum atomic E-state index is -0.108. The zero-order chi connectivity index (χ0) is 16.1. The number of nitrogens with one attached hydrogen (secondary N) is 2. The van der Waals surface area contributed by atoms with E-state index in [-0.39, 0.29) is 11.5 Å². The molecular weight excluding hydrogens is 296 g/mol. The molecular formula is C17H20N2O2S. The molecule has 2 aromatic carbocycles. The molecule has 4 nitrogen and oxygen atoms in total. The summed E-state index contributed by atoms with van der Waals surface area (Å²) in [5.74, 6) is -0.211. The van der Waals surface area contributed by atoms with Crippen LogP contribution in [0.25, 0.3) is 0 Å². The molecule has 0 aliphatic heterocycles. The van der Waals surface area contributed by atoms with E-state index in [9.17, 15) is 10.2 Å². The summed E-state index contributed by atoms with van der Waals surface area (Å²) >= 11 is 5.28. The number of phenols is 2. The second-order valence-corrected chi connectivity index (χ2v) is 5.68. The standard InChI is InChI=1S/C17H20N2O2S/c1-11-3-5-14(12(2)9-11)19-17(22)18-8-7-13-4-6-15(20)16(21)10-13/h3-6,9-10,20-21H,7-8H2,1-2H3,(H2,18,19,22). The van der Waals surface area contributed by atoms with Crippen molar-refractivity contribution < 1.29 is 10.2 Å². The fraction of sp³-hybridized carbons (Fsp3) is 0.235. The molecule has 0 radical (unpaired) electrons. The van der Waals surface area contributed by atoms with Crippen molar-refractivity contribution >= 4 is 23.0 Å². The Morgan fingerprint density at radius 2 is 1.82 bits per heavy atom. The number of phenolic OH excluding ortho intramolecular Hbond substituents is 2. The van der Waals surface area contributed by atoms with Crippen LogP contribution in [0.5, 0.6) is 11.5 Å². The van der Waals surface area contributed by atoms with E-state index in [0.29, 0.717) is 18.1 Å². The quantitative estimate of drug-likeness (QED) is 0.515. The van der Waals surface area contributed by atoms with Gasteiger partial charge in [0.15, 0.2) is 16.6 Å². The summed E-state index contributed by atoms with van der Waals surface area (Å²) in [5.41, 5.74) is 4.28. The second kappa shape index (κ2) is 7.13. The Balaban J connectivity index is 1.83. The number of aryl methyl sites for hydroxylation is 2. The maximum Gasteiger partial charge on any atom is 0.170 e. The maximum absolute atomic E-state index is 9.45. The highest BCUT2D eigenvalue weighted by atomic mass is 32.1. The molecule has 0 aliphatic carbocycles. The molecule has 22 heavy (non-hydrogen) atoms. The van der Waals surface area contributed by atoms with Gasteiger partial charge in [-0.15, -0.1) is 0 Å². The lowest BCUT2D eigenvalue weighted by atomic mass is 10.1. The highest BCUT2D eigenvalue weighted by Gasteiger charge is 2.03. The normalized spacial score (nSPS) is 10.3. The molecule has 0 atom stereocenters. The number of rotatable bonds is 4. The number of hydrogen-bond donors (Lipinski definition) is 4. The zero-order valence-electron chi connectivity index (χ0n) is 12.7. The van der Waals surface area contributed by atoms with Crippen LogP contribution in [-0.4, -0.2) is 21.9 Å². The Kier molecular flexibility index (Phi) is 5.22. The summed E-state index contributed by atoms with van der Waals surface area (Å²) in [6, 6.07) is 11.0. The van der Waals surface area contributed by atoms with E-state index in [1.807, 2.05) is 19.1 Å². The third-order valence-corrected chi connectivity index (χ3v) is 3.62. The summed E-state index contributed by atoms with van der Waals surface area (Å²) in [6.45, 7) is 4.73. The van der Waals surface area contributed by atoms with Gasteiger partial charge in [-0.1, -0.05) is 23.8 Å². The van der Waals surface area contributed by atoms with Gasteiger partial charge < -0.3 is 20.8 Å². The lowest BCUT2D eigenvalue weighted by Gasteiger charge is -2.13. The third-order valence-electron chi connectivity index (χ3n) is 3.37. The fourth-order valence-corrected chi connectivity index (χ4v) is 2.38. The van der Waals surface area contributed by atoms with Crippen molar-refractivity contribution in [3.8, 4) is 11.5 Å². The molecule has 2 rings (SSSR count). The SMILES string of the molecule is Cc1ccc(NC(=S)NCCc2ccc(O)c(O)c2)c(C)c1. The van der Waals surface area contributed by atoms with Gasteiger partial charge in [-0.2, -0.15) is 0 Å². The molecule has 0 aliphatic rings. The largest absolute Gasteiger partial charge is 0.504 e. The minimum Gasteiger partial charge on any atom is -0.504 e. The molecule has 0 aromatic heterocycles. The van der Waals surface area contributed by atoms with E-state index < -0.39 is 0 Å². The number of aromatic hydroxyl groups is 2. The summed E-state index contributed by atoms with van der Waals surface area (Å²) in [5, 5.41) is 25.6. The minimum absolute atomic E-state index is 0.103. The molecule has 5 heteroatoms. The molecule has 116 valence electrons. The van der Waals surface area contributed by atoms with Crippen LogP contribution in [-0.2, 0) is 6.42 Å². The zero-order valence-corrected chi connectivity index (χ0v) is 13.5. The van der Waals surface area contributed by atoms with E-state index in [1.165, 1.54) is 11.6 Å². The van der Waals surface area contributed by atoms with Gasteiger partial charge in [0, 0.05) is 12.2 Å². The predicted octanol–water partition coefficient (Wildman–Crippen LogP) is 3.24. The van der Waals surface area contributed by atoms with Gasteiger partial charge in [-0.25, -0.2) is 0 Å². The highest BCUT2D eigenvalue weighted by Crippen LogP contribution is 2.24. The van der Waals surface area contributed by atoms with Crippen molar-refractivity contribution in [2.45, 2.75) is 20.3 Å². The van der Waals surface area contributed by atoms with Crippen molar-refractivity contribution in [1.82, 2.24) is 5.32 Å². The number of anilines is 1. The van der Waals surface area contributed by atoms with Crippen LogP contribution in [0.3, 0.4) is 0 Å². The average molecular weight is 316 g/mol. The third kappa shape index (κ3) is 4.36. The van der Waals surface area contributed by atoms with E-state index in [0.717, 1.165) is 16.8 Å². The molecule has 0 spiro atoms. The van der Waals surface area contributed by atoms with Crippen LogP contribution in [0.1, 0.15) is 16.7 Å². The van der Waals surface area contributed by atoms with Crippen LogP contribution in [0.2, 0.25) is 0 Å². The average Bonchev–Trinajstić information content (AvgIpc) is 2.46. The van der Waals surface area contributed by atoms with Gasteiger partial charge in [0.25, 0.3) is 0 Å². The summed E-state index contributed by atoms with van der Waals surface area (Å²) in [4.78, 5) is 0. The monoisotopic (exact) mass is 316 g/mol. The number of benzene rings is 2. The molecule has 0 fully saturated rings. The number of thiocarbonyl (C=S) groups is 1. The van der Waals surface area contributed by atoms with Crippen molar-refractivity contribution in [2.24, 2.45) is 0 Å². The van der Waals surface area contributed by atoms with Crippen molar-refractivity contribution in [3.05, 3.63) is 53.1 Å². The first kappa shape index (κ1) is 16.1. The Bertz CT molecular complexity index is 686. The smallest absolute Gasteiger partial charge is 0.170 e. The van der Waals surface area contributed by atoms with E-state index in [2.05, 4.69) is 23.6 Å². The fourth-order valence-electron chi connectivity index (χ4n) is 2.17. The van der Waals surface area contributed by atoms with Crippen molar-refractivity contribution in [1.29, 1.82) is 0 Å². The Hall–Kier alpha value is -2.27. The molecule has 0 saturated heterocycles. The van der Waals surface area contributed by atoms with Gasteiger partial charge in [0.2, 0.25) is 0 Å². The second-order valence-electron chi connectivity index (χ2n) is 5.27. The molecule has 2 aromatic rings. The van der Waals surface area contributed by atoms with Crippen LogP contribution in [0.15, 0.2) is 36.4 Å². The van der Waals surface area contributed by atoms with Gasteiger partial charge >= 0.3 is 0 Å². The van der Waals surface area contributed by atoms with Gasteiger partial charge in [0.1, 0.15) is 0 Å². The van der Waals surface area contributed by atoms with Crippen molar-refractivity contribution in [2.75, 3.05) is 11.9 Å². The van der Waals surface area contributed by atoms with Crippen LogP contribution in [0, 0.1) is 13.8 Å². The van der Waals surface area contributed by atoms with Gasteiger partial charge in [0.05, 0.1) is 0 Å². The first-order valence-electron chi connectivity index (χ1n) is 7.08. The van der Waals surface area contributed by atoms with Crippen LogP contribution >= 0.6 is 12.2 Å². The molecule has 0 heterocycles. The Labute approximate surface area is 135 Å². The van der Waals surface area contributed by atoms with Crippen molar-refractivity contribution in [3.63, 3.8) is 0 Å². The Morgan fingerprint density at radius 1 is 1.05 bits per heavy atom. The maximum atomic E-state index is 9.45. The van der Waals surface area contributed by atoms with E-state index in [4.69, 9.17) is 12.2 Å². The molecule has 0 saturated carbocycles. The van der Waals surface area contributed by atoms with E-state index >= 15 is 0 Å². The summed E-state index contributed by atoms with van der Waals surface area (Å²) < 4.78 is 0. The summed E-state index contributed by atoms with van der Waals surface area (Å²) in [6.07, 6.45) is 0.697. The summed E-state index contributed by atoms with van der Waals surface area (Å²) in [7, 11) is 0. The predicted molar refractivity (Wildman–Crippen MR) is 93.6 cm³/mol. The first-order valence-corrected chi connectivity index (χ1v) is 7.49. The molecule has 0 amide bonds. The molecule has 0 bridgehead atoms. The van der Waals surface area contributed by atoms with Gasteiger partial charge in [-0.3, -0.25) is 0 Å². The van der Waals surface area contributed by atoms with Gasteiger partial charge in [-0.05, 0) is 61.8 Å². The van der Waals surface area contributed by atoms with Crippen LogP contribution < -0.4 is 10.6 Å². The number of hydrogen-bond acceptors (Lipinski definition) is 3.